The monoisotopic (exact) mass is 1000 g/mol. The fourth-order valence-corrected chi connectivity index (χ4v) is 7.27. The average Bonchev–Trinajstić information content (AvgIpc) is 3.39. The van der Waals surface area contributed by atoms with Crippen LogP contribution in [0.4, 0.5) is 0 Å². The van der Waals surface area contributed by atoms with Crippen LogP contribution in [0.15, 0.2) is 158 Å². The largest absolute Gasteiger partial charge is 0.462 e. The topological polar surface area (TPSA) is 78.9 Å². The van der Waals surface area contributed by atoms with Gasteiger partial charge in [0.25, 0.3) is 0 Å². The van der Waals surface area contributed by atoms with Gasteiger partial charge in [-0.2, -0.15) is 0 Å². The van der Waals surface area contributed by atoms with Gasteiger partial charge in [0.2, 0.25) is 0 Å². The minimum absolute atomic E-state index is 0.118. The fourth-order valence-electron chi connectivity index (χ4n) is 7.27. The van der Waals surface area contributed by atoms with Gasteiger partial charge in [-0.05, 0) is 141 Å². The predicted molar refractivity (Wildman–Crippen MR) is 315 cm³/mol. The third kappa shape index (κ3) is 57.8. The Balaban J connectivity index is 4.52. The van der Waals surface area contributed by atoms with E-state index >= 15 is 0 Å². The Kier molecular flexibility index (Phi) is 55.5. The maximum atomic E-state index is 12.9. The molecule has 0 saturated heterocycles. The molecule has 1 atom stereocenters. The fraction of sp³-hybridized carbons (Fsp3) is 0.567. The molecule has 0 saturated carbocycles. The summed E-state index contributed by atoms with van der Waals surface area (Å²) in [7, 11) is 0. The van der Waals surface area contributed by atoms with Crippen molar-refractivity contribution in [3.05, 3.63) is 158 Å². The molecule has 0 N–H and O–H groups in total. The molecule has 408 valence electrons. The molecule has 0 fully saturated rings. The molecule has 6 nitrogen and oxygen atoms in total. The van der Waals surface area contributed by atoms with Crippen LogP contribution in [0.25, 0.3) is 0 Å². The number of allylic oxidation sites excluding steroid dienone is 26. The van der Waals surface area contributed by atoms with Gasteiger partial charge in [0.05, 0.1) is 0 Å². The lowest BCUT2D eigenvalue weighted by Crippen LogP contribution is -2.30. The van der Waals surface area contributed by atoms with Crippen LogP contribution in [-0.4, -0.2) is 37.2 Å². The highest BCUT2D eigenvalue weighted by Gasteiger charge is 2.19. The third-order valence-electron chi connectivity index (χ3n) is 11.5. The van der Waals surface area contributed by atoms with Gasteiger partial charge in [0.15, 0.2) is 6.10 Å². The Morgan fingerprint density at radius 3 is 0.808 bits per heavy atom. The van der Waals surface area contributed by atoms with Crippen LogP contribution < -0.4 is 0 Å². The molecule has 0 aromatic heterocycles. The third-order valence-corrected chi connectivity index (χ3v) is 11.5. The van der Waals surface area contributed by atoms with Gasteiger partial charge in [-0.3, -0.25) is 14.4 Å². The summed E-state index contributed by atoms with van der Waals surface area (Å²) < 4.78 is 16.8. The summed E-state index contributed by atoms with van der Waals surface area (Å²) in [6.45, 7) is 6.21. The number of ether oxygens (including phenoxy) is 3. The van der Waals surface area contributed by atoms with E-state index in [4.69, 9.17) is 14.2 Å². The van der Waals surface area contributed by atoms with Crippen LogP contribution in [0.3, 0.4) is 0 Å². The van der Waals surface area contributed by atoms with Crippen LogP contribution in [0, 0.1) is 0 Å². The van der Waals surface area contributed by atoms with Crippen molar-refractivity contribution in [3.8, 4) is 0 Å². The van der Waals surface area contributed by atoms with Crippen molar-refractivity contribution in [2.24, 2.45) is 0 Å². The van der Waals surface area contributed by atoms with Crippen molar-refractivity contribution in [1.29, 1.82) is 0 Å². The van der Waals surface area contributed by atoms with E-state index in [-0.39, 0.29) is 37.5 Å². The summed E-state index contributed by atoms with van der Waals surface area (Å²) in [5, 5.41) is 0. The van der Waals surface area contributed by atoms with Crippen molar-refractivity contribution in [2.45, 2.75) is 232 Å². The molecule has 0 rings (SSSR count). The molecule has 1 unspecified atom stereocenters. The second kappa shape index (κ2) is 59.6. The standard InChI is InChI=1S/C67H104O6/c1-4-7-10-13-16-19-22-25-27-29-31-33-35-37-39-42-45-48-51-54-57-60-66(69)72-63-64(62-71-65(68)59-56-53-50-47-44-41-24-21-18-15-12-9-6-3)73-67(70)61-58-55-52-49-46-43-40-38-36-34-32-30-28-26-23-20-17-14-11-8-5-2/h7-12,16-21,25-28,31-34,37,39,41,44-45,48,64H,4-6,13-15,22-24,29-30,35-36,38,40,42-43,46-47,49-63H2,1-3H3/b10-7-,11-8-,12-9-,19-16-,20-17-,21-18-,27-25-,28-26-,33-31-,34-32-,39-37-,44-41-,48-45-. The van der Waals surface area contributed by atoms with E-state index < -0.39 is 6.10 Å². The van der Waals surface area contributed by atoms with E-state index in [1.807, 2.05) is 0 Å². The summed E-state index contributed by atoms with van der Waals surface area (Å²) in [6, 6.07) is 0. The molecule has 0 spiro atoms. The number of unbranched alkanes of at least 4 members (excludes halogenated alkanes) is 13. The summed E-state index contributed by atoms with van der Waals surface area (Å²) in [5.74, 6) is -1.01. The average molecular weight is 1010 g/mol. The first-order valence-electron chi connectivity index (χ1n) is 29.0. The Hall–Kier alpha value is -4.97. The van der Waals surface area contributed by atoms with Crippen LogP contribution in [0.5, 0.6) is 0 Å². The number of carbonyl (C=O) groups is 3. The molecular formula is C67H104O6. The Bertz CT molecular complexity index is 1670. The zero-order valence-corrected chi connectivity index (χ0v) is 46.6. The molecule has 0 heterocycles. The summed E-state index contributed by atoms with van der Waals surface area (Å²) in [5.41, 5.74) is 0. The molecule has 0 aromatic rings. The lowest BCUT2D eigenvalue weighted by Gasteiger charge is -2.18. The second-order valence-corrected chi connectivity index (χ2v) is 18.4. The lowest BCUT2D eigenvalue weighted by molar-refractivity contribution is -0.167. The summed E-state index contributed by atoms with van der Waals surface area (Å²) in [4.78, 5) is 38.2. The SMILES string of the molecule is CC/C=C\C/C=C\C/C=C\C/C=C\C/C=C\C/C=C\CCCCC(=O)OCC(COC(=O)CCCCC/C=C\C/C=C\C/C=C\CC)OC(=O)CCCCCCCCCC/C=C\C/C=C\C/C=C\C/C=C\CC. The summed E-state index contributed by atoms with van der Waals surface area (Å²) in [6.07, 6.45) is 86.6. The molecule has 0 aliphatic carbocycles. The second-order valence-electron chi connectivity index (χ2n) is 18.4. The number of carbonyl (C=O) groups excluding carboxylic acids is 3. The zero-order valence-electron chi connectivity index (χ0n) is 46.6. The van der Waals surface area contributed by atoms with Gasteiger partial charge in [0.1, 0.15) is 13.2 Å². The van der Waals surface area contributed by atoms with Crippen molar-refractivity contribution >= 4 is 17.9 Å². The first-order chi connectivity index (χ1) is 36.0. The normalized spacial score (nSPS) is 13.3. The smallest absolute Gasteiger partial charge is 0.306 e. The molecule has 0 radical (unpaired) electrons. The molecule has 0 bridgehead atoms. The van der Waals surface area contributed by atoms with Crippen LogP contribution in [0.1, 0.15) is 226 Å². The van der Waals surface area contributed by atoms with Crippen molar-refractivity contribution in [3.63, 3.8) is 0 Å². The molecule has 0 aliphatic heterocycles. The van der Waals surface area contributed by atoms with Gasteiger partial charge in [-0.1, -0.05) is 224 Å². The van der Waals surface area contributed by atoms with Gasteiger partial charge in [-0.15, -0.1) is 0 Å². The minimum atomic E-state index is -0.821. The maximum absolute atomic E-state index is 12.9. The highest BCUT2D eigenvalue weighted by Crippen LogP contribution is 2.13. The van der Waals surface area contributed by atoms with Crippen LogP contribution in [-0.2, 0) is 28.6 Å². The number of esters is 3. The molecule has 0 aromatic carbocycles. The minimum Gasteiger partial charge on any atom is -0.462 e. The first kappa shape index (κ1) is 68.0. The van der Waals surface area contributed by atoms with Gasteiger partial charge >= 0.3 is 17.9 Å². The van der Waals surface area contributed by atoms with E-state index in [0.717, 1.165) is 148 Å². The van der Waals surface area contributed by atoms with Crippen LogP contribution in [0.2, 0.25) is 0 Å². The van der Waals surface area contributed by atoms with Gasteiger partial charge < -0.3 is 14.2 Å². The quantitative estimate of drug-likeness (QED) is 0.0261. The first-order valence-corrected chi connectivity index (χ1v) is 29.0. The van der Waals surface area contributed by atoms with Crippen molar-refractivity contribution < 1.29 is 28.6 Å². The molecule has 73 heavy (non-hydrogen) atoms. The van der Waals surface area contributed by atoms with Crippen LogP contribution >= 0.6 is 0 Å². The number of hydrogen-bond acceptors (Lipinski definition) is 6. The van der Waals surface area contributed by atoms with E-state index in [2.05, 4.69) is 179 Å². The van der Waals surface area contributed by atoms with Crippen molar-refractivity contribution in [1.82, 2.24) is 0 Å². The number of rotatable bonds is 50. The Morgan fingerprint density at radius 1 is 0.274 bits per heavy atom. The maximum Gasteiger partial charge on any atom is 0.306 e. The van der Waals surface area contributed by atoms with E-state index in [9.17, 15) is 14.4 Å². The van der Waals surface area contributed by atoms with E-state index in [1.165, 1.54) is 32.1 Å². The highest BCUT2D eigenvalue weighted by molar-refractivity contribution is 5.71. The summed E-state index contributed by atoms with van der Waals surface area (Å²) >= 11 is 0. The molecule has 6 heteroatoms. The molecule has 0 aliphatic rings. The van der Waals surface area contributed by atoms with E-state index in [0.29, 0.717) is 19.3 Å². The van der Waals surface area contributed by atoms with Gasteiger partial charge in [0, 0.05) is 19.3 Å². The van der Waals surface area contributed by atoms with Gasteiger partial charge in [-0.25, -0.2) is 0 Å². The molecular weight excluding hydrogens is 901 g/mol. The Labute approximate surface area is 448 Å². The van der Waals surface area contributed by atoms with E-state index in [1.54, 1.807) is 0 Å². The predicted octanol–water partition coefficient (Wildman–Crippen LogP) is 19.8. The zero-order chi connectivity index (χ0) is 52.9. The highest BCUT2D eigenvalue weighted by atomic mass is 16.6. The van der Waals surface area contributed by atoms with Crippen molar-refractivity contribution in [2.75, 3.05) is 13.2 Å². The molecule has 0 amide bonds. The Morgan fingerprint density at radius 2 is 0.493 bits per heavy atom. The number of hydrogen-bond donors (Lipinski definition) is 0. The lowest BCUT2D eigenvalue weighted by atomic mass is 10.1.